The van der Waals surface area contributed by atoms with Gasteiger partial charge in [0.05, 0.1) is 17.5 Å². The average Bonchev–Trinajstić information content (AvgIpc) is 2.92. The zero-order valence-electron chi connectivity index (χ0n) is 10.8. The van der Waals surface area contributed by atoms with Crippen LogP contribution >= 0.6 is 15.9 Å². The topological polar surface area (TPSA) is 50.4 Å². The normalized spacial score (nSPS) is 18.3. The molecule has 1 saturated heterocycles. The lowest BCUT2D eigenvalue weighted by Gasteiger charge is -2.12. The second kappa shape index (κ2) is 7.50. The van der Waals surface area contributed by atoms with E-state index in [4.69, 9.17) is 4.74 Å². The van der Waals surface area contributed by atoms with Crippen LogP contribution in [-0.2, 0) is 4.79 Å². The van der Waals surface area contributed by atoms with Gasteiger partial charge in [-0.2, -0.15) is 0 Å². The van der Waals surface area contributed by atoms with Crippen molar-refractivity contribution in [2.45, 2.75) is 25.3 Å². The van der Waals surface area contributed by atoms with Crippen LogP contribution < -0.4 is 15.4 Å². The maximum absolute atomic E-state index is 11.6. The van der Waals surface area contributed by atoms with Crippen LogP contribution in [0.4, 0.5) is 0 Å². The van der Waals surface area contributed by atoms with E-state index in [9.17, 15) is 4.79 Å². The van der Waals surface area contributed by atoms with Crippen LogP contribution in [0.25, 0.3) is 0 Å². The highest BCUT2D eigenvalue weighted by Gasteiger charge is 2.14. The molecule has 1 heterocycles. The van der Waals surface area contributed by atoms with Crippen molar-refractivity contribution in [1.29, 1.82) is 0 Å². The molecular formula is C14H19BrN2O2. The molecule has 0 saturated carbocycles. The first-order chi connectivity index (χ1) is 9.25. The van der Waals surface area contributed by atoms with Crippen molar-refractivity contribution in [2.75, 3.05) is 19.7 Å². The highest BCUT2D eigenvalue weighted by Crippen LogP contribution is 2.23. The molecule has 2 N–H and O–H groups in total. The zero-order valence-corrected chi connectivity index (χ0v) is 12.4. The molecular weight excluding hydrogens is 308 g/mol. The Morgan fingerprint density at radius 2 is 2.32 bits per heavy atom. The molecule has 0 bridgehead atoms. The summed E-state index contributed by atoms with van der Waals surface area (Å²) in [6.07, 6.45) is 2.73. The van der Waals surface area contributed by atoms with E-state index >= 15 is 0 Å². The number of halogens is 1. The summed E-state index contributed by atoms with van der Waals surface area (Å²) in [5.74, 6) is 0.813. The number of rotatable bonds is 6. The van der Waals surface area contributed by atoms with Crippen LogP contribution in [0.15, 0.2) is 28.7 Å². The third-order valence-corrected chi connectivity index (χ3v) is 3.79. The largest absolute Gasteiger partial charge is 0.492 e. The standard InChI is InChI=1S/C14H19BrN2O2/c15-12-5-1-2-6-13(12)19-9-7-14(18)17-10-11-4-3-8-16-11/h1-2,5-6,11,16H,3-4,7-10H2,(H,17,18). The molecule has 1 aromatic carbocycles. The van der Waals surface area contributed by atoms with Crippen molar-refractivity contribution >= 4 is 21.8 Å². The van der Waals surface area contributed by atoms with Crippen LogP contribution in [0.2, 0.25) is 0 Å². The summed E-state index contributed by atoms with van der Waals surface area (Å²) in [7, 11) is 0. The number of carbonyl (C=O) groups is 1. The molecule has 5 heteroatoms. The SMILES string of the molecule is O=C(CCOc1ccccc1Br)NCC1CCCN1. The van der Waals surface area contributed by atoms with Gasteiger partial charge in [-0.05, 0) is 47.4 Å². The molecule has 2 rings (SSSR count). The van der Waals surface area contributed by atoms with Gasteiger partial charge in [-0.1, -0.05) is 12.1 Å². The van der Waals surface area contributed by atoms with E-state index in [0.717, 1.165) is 23.2 Å². The Balaban J connectivity index is 1.62. The number of hydrogen-bond donors (Lipinski definition) is 2. The Bertz CT molecular complexity index is 420. The van der Waals surface area contributed by atoms with Crippen molar-refractivity contribution in [3.63, 3.8) is 0 Å². The summed E-state index contributed by atoms with van der Waals surface area (Å²) in [5, 5.41) is 6.28. The van der Waals surface area contributed by atoms with Gasteiger partial charge < -0.3 is 15.4 Å². The molecule has 1 amide bonds. The third-order valence-electron chi connectivity index (χ3n) is 3.13. The molecule has 0 spiro atoms. The molecule has 104 valence electrons. The van der Waals surface area contributed by atoms with E-state index in [1.54, 1.807) is 0 Å². The van der Waals surface area contributed by atoms with E-state index in [0.29, 0.717) is 25.6 Å². The highest BCUT2D eigenvalue weighted by atomic mass is 79.9. The highest BCUT2D eigenvalue weighted by molar-refractivity contribution is 9.10. The monoisotopic (exact) mass is 326 g/mol. The van der Waals surface area contributed by atoms with Crippen molar-refractivity contribution in [1.82, 2.24) is 10.6 Å². The van der Waals surface area contributed by atoms with Crippen LogP contribution in [0, 0.1) is 0 Å². The lowest BCUT2D eigenvalue weighted by molar-refractivity contribution is -0.121. The maximum Gasteiger partial charge on any atom is 0.223 e. The molecule has 1 atom stereocenters. The van der Waals surface area contributed by atoms with Crippen LogP contribution in [0.3, 0.4) is 0 Å². The van der Waals surface area contributed by atoms with Gasteiger partial charge in [0.25, 0.3) is 0 Å². The molecule has 1 fully saturated rings. The Kier molecular flexibility index (Phi) is 5.66. The predicted molar refractivity (Wildman–Crippen MR) is 78.3 cm³/mol. The molecule has 0 aliphatic carbocycles. The second-order valence-corrected chi connectivity index (χ2v) is 5.48. The number of nitrogens with one attached hydrogen (secondary N) is 2. The molecule has 1 aromatic rings. The van der Waals surface area contributed by atoms with Gasteiger partial charge in [0.15, 0.2) is 0 Å². The van der Waals surface area contributed by atoms with Crippen LogP contribution in [-0.4, -0.2) is 31.6 Å². The molecule has 1 aliphatic rings. The number of benzene rings is 1. The number of amides is 1. The molecule has 1 aliphatic heterocycles. The third kappa shape index (κ3) is 4.84. The summed E-state index contributed by atoms with van der Waals surface area (Å²) < 4.78 is 6.46. The molecule has 1 unspecified atom stereocenters. The van der Waals surface area contributed by atoms with Gasteiger partial charge in [-0.25, -0.2) is 0 Å². The lowest BCUT2D eigenvalue weighted by Crippen LogP contribution is -2.37. The Labute approximate surface area is 122 Å². The van der Waals surface area contributed by atoms with Gasteiger partial charge in [0, 0.05) is 12.6 Å². The van der Waals surface area contributed by atoms with Crippen molar-refractivity contribution in [3.8, 4) is 5.75 Å². The summed E-state index contributed by atoms with van der Waals surface area (Å²) >= 11 is 3.41. The minimum Gasteiger partial charge on any atom is -0.492 e. The number of carbonyl (C=O) groups excluding carboxylic acids is 1. The Hall–Kier alpha value is -1.07. The van der Waals surface area contributed by atoms with Gasteiger partial charge in [-0.3, -0.25) is 4.79 Å². The van der Waals surface area contributed by atoms with E-state index in [-0.39, 0.29) is 5.91 Å². The van der Waals surface area contributed by atoms with Crippen LogP contribution in [0.1, 0.15) is 19.3 Å². The van der Waals surface area contributed by atoms with E-state index in [1.807, 2.05) is 24.3 Å². The molecule has 0 aromatic heterocycles. The van der Waals surface area contributed by atoms with Crippen molar-refractivity contribution < 1.29 is 9.53 Å². The fourth-order valence-corrected chi connectivity index (χ4v) is 2.47. The quantitative estimate of drug-likeness (QED) is 0.841. The fraction of sp³-hybridized carbons (Fsp3) is 0.500. The fourth-order valence-electron chi connectivity index (χ4n) is 2.07. The van der Waals surface area contributed by atoms with E-state index in [1.165, 1.54) is 6.42 Å². The molecule has 0 radical (unpaired) electrons. The van der Waals surface area contributed by atoms with Crippen molar-refractivity contribution in [2.24, 2.45) is 0 Å². The summed E-state index contributed by atoms with van der Waals surface area (Å²) in [5.41, 5.74) is 0. The number of para-hydroxylation sites is 1. The number of ether oxygens (including phenoxy) is 1. The first kappa shape index (κ1) is 14.3. The second-order valence-electron chi connectivity index (χ2n) is 4.63. The van der Waals surface area contributed by atoms with E-state index < -0.39 is 0 Å². The minimum atomic E-state index is 0.0424. The van der Waals surface area contributed by atoms with Crippen molar-refractivity contribution in [3.05, 3.63) is 28.7 Å². The maximum atomic E-state index is 11.6. The zero-order chi connectivity index (χ0) is 13.5. The Morgan fingerprint density at radius 1 is 1.47 bits per heavy atom. The Morgan fingerprint density at radius 3 is 3.05 bits per heavy atom. The summed E-state index contributed by atoms with van der Waals surface area (Å²) in [6.45, 7) is 2.17. The molecule has 4 nitrogen and oxygen atoms in total. The van der Waals surface area contributed by atoms with Gasteiger partial charge >= 0.3 is 0 Å². The van der Waals surface area contributed by atoms with E-state index in [2.05, 4.69) is 26.6 Å². The van der Waals surface area contributed by atoms with Gasteiger partial charge in [0.2, 0.25) is 5.91 Å². The predicted octanol–water partition coefficient (Wildman–Crippen LogP) is 2.09. The van der Waals surface area contributed by atoms with Gasteiger partial charge in [-0.15, -0.1) is 0 Å². The smallest absolute Gasteiger partial charge is 0.223 e. The van der Waals surface area contributed by atoms with Gasteiger partial charge in [0.1, 0.15) is 5.75 Å². The first-order valence-electron chi connectivity index (χ1n) is 6.63. The first-order valence-corrected chi connectivity index (χ1v) is 7.42. The summed E-state index contributed by atoms with van der Waals surface area (Å²) in [4.78, 5) is 11.6. The average molecular weight is 327 g/mol. The minimum absolute atomic E-state index is 0.0424. The lowest BCUT2D eigenvalue weighted by atomic mass is 10.2. The molecule has 19 heavy (non-hydrogen) atoms. The summed E-state index contributed by atoms with van der Waals surface area (Å²) in [6, 6.07) is 8.07. The van der Waals surface area contributed by atoms with Crippen LogP contribution in [0.5, 0.6) is 5.75 Å². The number of hydrogen-bond acceptors (Lipinski definition) is 3.